The number of carbonyl (C=O) groups is 1. The average molecular weight is 446 g/mol. The van der Waals surface area contributed by atoms with E-state index in [1.807, 2.05) is 48.1 Å². The monoisotopic (exact) mass is 445 g/mol. The Morgan fingerprint density at radius 3 is 2.65 bits per heavy atom. The molecule has 0 unspecified atom stereocenters. The molecule has 0 aliphatic rings. The second kappa shape index (κ2) is 8.11. The fourth-order valence-corrected chi connectivity index (χ4v) is 1.77. The first kappa shape index (κ1) is 16.8. The van der Waals surface area contributed by atoms with Crippen LogP contribution in [0.5, 0.6) is 0 Å². The van der Waals surface area contributed by atoms with Gasteiger partial charge in [0.15, 0.2) is 12.4 Å². The Hall–Kier alpha value is -1.28. The molecule has 0 saturated heterocycles. The summed E-state index contributed by atoms with van der Waals surface area (Å²) in [5, 5.41) is 3.93. The van der Waals surface area contributed by atoms with Crippen LogP contribution in [0.25, 0.3) is 0 Å². The minimum atomic E-state index is -0.232. The van der Waals surface area contributed by atoms with Crippen LogP contribution in [0.15, 0.2) is 58.4 Å². The summed E-state index contributed by atoms with van der Waals surface area (Å²) >= 11 is 3.36. The Labute approximate surface area is 143 Å². The standard InChI is InChI=1S/C14H12BrN3O.HI/c1-18-8-2-3-12(10-18)14(19)17-16-9-11-4-6-13(15)7-5-11;/h2-10H,1H3;1H. The van der Waals surface area contributed by atoms with Gasteiger partial charge < -0.3 is 24.0 Å². The molecule has 0 saturated carbocycles. The number of aromatic nitrogens is 1. The highest BCUT2D eigenvalue weighted by Gasteiger charge is 2.07. The second-order valence-corrected chi connectivity index (χ2v) is 4.92. The molecule has 1 aromatic carbocycles. The smallest absolute Gasteiger partial charge is 0.277 e. The summed E-state index contributed by atoms with van der Waals surface area (Å²) in [5.41, 5.74) is 3.98. The zero-order valence-corrected chi connectivity index (χ0v) is 14.5. The second-order valence-electron chi connectivity index (χ2n) is 4.01. The maximum Gasteiger partial charge on any atom is 0.277 e. The maximum absolute atomic E-state index is 11.8. The number of carbonyl (C=O) groups excluding carboxylic acids is 1. The van der Waals surface area contributed by atoms with Crippen LogP contribution in [0.2, 0.25) is 0 Å². The van der Waals surface area contributed by atoms with Crippen LogP contribution in [0.3, 0.4) is 0 Å². The van der Waals surface area contributed by atoms with Crippen molar-refractivity contribution in [3.63, 3.8) is 0 Å². The lowest BCUT2D eigenvalue weighted by molar-refractivity contribution is -0.671. The van der Waals surface area contributed by atoms with Gasteiger partial charge in [-0.05, 0) is 23.8 Å². The van der Waals surface area contributed by atoms with E-state index in [1.165, 1.54) is 0 Å². The SMILES string of the molecule is C[n+]1cccc(C(=O)NN=Cc2ccc(Br)cc2)c1.[I-]. The number of hydrazone groups is 1. The molecule has 0 fully saturated rings. The number of pyridine rings is 1. The van der Waals surface area contributed by atoms with Crippen LogP contribution in [0.4, 0.5) is 0 Å². The van der Waals surface area contributed by atoms with Crippen molar-refractivity contribution < 1.29 is 33.3 Å². The fourth-order valence-electron chi connectivity index (χ4n) is 1.50. The highest BCUT2D eigenvalue weighted by Crippen LogP contribution is 2.08. The van der Waals surface area contributed by atoms with Gasteiger partial charge in [-0.3, -0.25) is 4.79 Å². The van der Waals surface area contributed by atoms with Gasteiger partial charge in [-0.2, -0.15) is 5.10 Å². The lowest BCUT2D eigenvalue weighted by atomic mass is 10.2. The number of hydrogen-bond acceptors (Lipinski definition) is 2. The minimum Gasteiger partial charge on any atom is -1.00 e. The number of aryl methyl sites for hydroxylation is 1. The Kier molecular flexibility index (Phi) is 6.80. The molecular formula is C14H13BrIN3O. The maximum atomic E-state index is 11.8. The summed E-state index contributed by atoms with van der Waals surface area (Å²) < 4.78 is 2.82. The molecule has 0 aliphatic heterocycles. The molecule has 0 atom stereocenters. The molecule has 0 radical (unpaired) electrons. The summed E-state index contributed by atoms with van der Waals surface area (Å²) in [6.45, 7) is 0. The van der Waals surface area contributed by atoms with Crippen molar-refractivity contribution in [2.75, 3.05) is 0 Å². The average Bonchev–Trinajstić information content (AvgIpc) is 2.41. The Morgan fingerprint density at radius 1 is 1.30 bits per heavy atom. The van der Waals surface area contributed by atoms with E-state index >= 15 is 0 Å². The highest BCUT2D eigenvalue weighted by atomic mass is 127. The van der Waals surface area contributed by atoms with E-state index < -0.39 is 0 Å². The van der Waals surface area contributed by atoms with Crippen molar-refractivity contribution in [2.45, 2.75) is 0 Å². The van der Waals surface area contributed by atoms with Crippen molar-refractivity contribution in [3.8, 4) is 0 Å². The van der Waals surface area contributed by atoms with Crippen molar-refractivity contribution in [1.29, 1.82) is 0 Å². The summed E-state index contributed by atoms with van der Waals surface area (Å²) in [4.78, 5) is 11.8. The van der Waals surface area contributed by atoms with Crippen molar-refractivity contribution >= 4 is 28.1 Å². The number of amides is 1. The lowest BCUT2D eigenvalue weighted by Gasteiger charge is -1.98. The van der Waals surface area contributed by atoms with Gasteiger partial charge in [0, 0.05) is 10.5 Å². The zero-order chi connectivity index (χ0) is 13.7. The van der Waals surface area contributed by atoms with Crippen LogP contribution < -0.4 is 34.0 Å². The number of halogens is 2. The van der Waals surface area contributed by atoms with Gasteiger partial charge in [0.1, 0.15) is 12.6 Å². The first-order valence-electron chi connectivity index (χ1n) is 5.69. The van der Waals surface area contributed by atoms with E-state index in [-0.39, 0.29) is 29.9 Å². The van der Waals surface area contributed by atoms with E-state index in [4.69, 9.17) is 0 Å². The van der Waals surface area contributed by atoms with Crippen molar-refractivity contribution in [2.24, 2.45) is 12.1 Å². The summed E-state index contributed by atoms with van der Waals surface area (Å²) in [6.07, 6.45) is 5.21. The largest absolute Gasteiger partial charge is 1.00 e. The third-order valence-corrected chi connectivity index (χ3v) is 2.98. The molecule has 20 heavy (non-hydrogen) atoms. The fraction of sp³-hybridized carbons (Fsp3) is 0.0714. The van der Waals surface area contributed by atoms with Gasteiger partial charge in [-0.15, -0.1) is 0 Å². The van der Waals surface area contributed by atoms with Crippen LogP contribution in [0.1, 0.15) is 15.9 Å². The molecule has 2 aromatic rings. The molecule has 6 heteroatoms. The summed E-state index contributed by atoms with van der Waals surface area (Å²) in [6, 6.07) is 11.2. The van der Waals surface area contributed by atoms with E-state index in [1.54, 1.807) is 18.5 Å². The molecule has 1 aromatic heterocycles. The molecular weight excluding hydrogens is 433 g/mol. The minimum absolute atomic E-state index is 0. The van der Waals surface area contributed by atoms with Crippen LogP contribution >= 0.6 is 15.9 Å². The third kappa shape index (κ3) is 5.01. The number of benzene rings is 1. The topological polar surface area (TPSA) is 45.3 Å². The molecule has 4 nitrogen and oxygen atoms in total. The molecule has 1 N–H and O–H groups in total. The Bertz CT molecular complexity index is 614. The predicted molar refractivity (Wildman–Crippen MR) is 76.8 cm³/mol. The van der Waals surface area contributed by atoms with E-state index in [2.05, 4.69) is 26.5 Å². The first-order valence-corrected chi connectivity index (χ1v) is 6.49. The molecule has 0 spiro atoms. The molecule has 0 bridgehead atoms. The summed E-state index contributed by atoms with van der Waals surface area (Å²) in [5.74, 6) is -0.232. The van der Waals surface area contributed by atoms with Gasteiger partial charge in [0.25, 0.3) is 5.91 Å². The Balaban J connectivity index is 0.00000200. The van der Waals surface area contributed by atoms with Crippen molar-refractivity contribution in [1.82, 2.24) is 5.43 Å². The van der Waals surface area contributed by atoms with Gasteiger partial charge in [-0.1, -0.05) is 28.1 Å². The molecule has 104 valence electrons. The van der Waals surface area contributed by atoms with Gasteiger partial charge in [0.05, 0.1) is 6.21 Å². The van der Waals surface area contributed by atoms with Crippen LogP contribution in [-0.2, 0) is 7.05 Å². The molecule has 1 amide bonds. The predicted octanol–water partition coefficient (Wildman–Crippen LogP) is -0.958. The lowest BCUT2D eigenvalue weighted by Crippen LogP contribution is -3.00. The van der Waals surface area contributed by atoms with E-state index in [0.29, 0.717) is 5.56 Å². The van der Waals surface area contributed by atoms with Crippen LogP contribution in [-0.4, -0.2) is 12.1 Å². The molecule has 0 aliphatic carbocycles. The van der Waals surface area contributed by atoms with Gasteiger partial charge >= 0.3 is 0 Å². The number of rotatable bonds is 3. The number of nitrogens with zero attached hydrogens (tertiary/aromatic N) is 2. The van der Waals surface area contributed by atoms with Crippen LogP contribution in [0, 0.1) is 0 Å². The zero-order valence-electron chi connectivity index (χ0n) is 10.8. The van der Waals surface area contributed by atoms with E-state index in [9.17, 15) is 4.79 Å². The number of nitrogens with one attached hydrogen (secondary N) is 1. The van der Waals surface area contributed by atoms with Crippen molar-refractivity contribution in [3.05, 3.63) is 64.4 Å². The third-order valence-electron chi connectivity index (χ3n) is 2.45. The van der Waals surface area contributed by atoms with Gasteiger partial charge in [0.2, 0.25) is 0 Å². The van der Waals surface area contributed by atoms with Gasteiger partial charge in [-0.25, -0.2) is 9.99 Å². The quantitative estimate of drug-likeness (QED) is 0.281. The van der Waals surface area contributed by atoms with E-state index in [0.717, 1.165) is 10.0 Å². The first-order chi connectivity index (χ1) is 9.15. The number of hydrogen-bond donors (Lipinski definition) is 1. The molecule has 1 heterocycles. The Morgan fingerprint density at radius 2 is 2.00 bits per heavy atom. The molecule has 2 rings (SSSR count). The summed E-state index contributed by atoms with van der Waals surface area (Å²) in [7, 11) is 1.86. The normalized spacial score (nSPS) is 10.1. The highest BCUT2D eigenvalue weighted by molar-refractivity contribution is 9.10.